The van der Waals surface area contributed by atoms with Gasteiger partial charge < -0.3 is 10.2 Å². The molecule has 4 amide bonds. The molecule has 0 spiro atoms. The number of benzene rings is 1. The summed E-state index contributed by atoms with van der Waals surface area (Å²) < 4.78 is 0. The summed E-state index contributed by atoms with van der Waals surface area (Å²) in [5.41, 5.74) is 0.248. The highest BCUT2D eigenvalue weighted by molar-refractivity contribution is 6.07. The molecule has 1 unspecified atom stereocenters. The second-order valence-electron chi connectivity index (χ2n) is 8.07. The van der Waals surface area contributed by atoms with Crippen LogP contribution in [0, 0.1) is 11.8 Å². The van der Waals surface area contributed by atoms with Gasteiger partial charge in [0.2, 0.25) is 5.91 Å². The summed E-state index contributed by atoms with van der Waals surface area (Å²) in [6, 6.07) is 9.56. The zero-order valence-electron chi connectivity index (χ0n) is 16.6. The first-order valence-electron chi connectivity index (χ1n) is 10.1. The number of aryl methyl sites for hydroxylation is 1. The lowest BCUT2D eigenvalue weighted by Gasteiger charge is -2.40. The topological polar surface area (TPSA) is 78.5 Å². The number of allylic oxidation sites excluding steroid dienone is 1. The molecule has 3 rings (SSSR count). The van der Waals surface area contributed by atoms with Crippen LogP contribution in [0.15, 0.2) is 42.5 Å². The largest absolute Gasteiger partial charge is 0.339 e. The zero-order chi connectivity index (χ0) is 20.1. The molecule has 1 aromatic rings. The van der Waals surface area contributed by atoms with Crippen molar-refractivity contribution in [3.05, 3.63) is 48.0 Å². The second-order valence-corrected chi connectivity index (χ2v) is 8.07. The summed E-state index contributed by atoms with van der Waals surface area (Å²) in [6.45, 7) is 5.27. The highest BCUT2D eigenvalue weighted by Gasteiger charge is 2.51. The minimum Gasteiger partial charge on any atom is -0.339 e. The first-order chi connectivity index (χ1) is 13.4. The molecule has 1 atom stereocenters. The number of urea groups is 1. The Morgan fingerprint density at radius 2 is 1.89 bits per heavy atom. The van der Waals surface area contributed by atoms with E-state index in [2.05, 4.69) is 10.6 Å². The number of piperidine rings is 1. The first kappa shape index (κ1) is 20.1. The quantitative estimate of drug-likeness (QED) is 0.586. The number of hydrogen-bond donors (Lipinski definition) is 2. The van der Waals surface area contributed by atoms with Crippen molar-refractivity contribution >= 4 is 17.8 Å². The van der Waals surface area contributed by atoms with Gasteiger partial charge in [0.15, 0.2) is 0 Å². The number of nitrogens with one attached hydrogen (secondary N) is 2. The fourth-order valence-corrected chi connectivity index (χ4v) is 4.13. The Morgan fingerprint density at radius 1 is 1.21 bits per heavy atom. The highest BCUT2D eigenvalue weighted by atomic mass is 16.2. The van der Waals surface area contributed by atoms with E-state index in [1.807, 2.05) is 55.2 Å². The van der Waals surface area contributed by atoms with Gasteiger partial charge in [-0.1, -0.05) is 50.3 Å². The summed E-state index contributed by atoms with van der Waals surface area (Å²) >= 11 is 0. The van der Waals surface area contributed by atoms with Crippen LogP contribution in [0.25, 0.3) is 0 Å². The van der Waals surface area contributed by atoms with Crippen LogP contribution in [0.2, 0.25) is 0 Å². The Balaban J connectivity index is 1.68. The van der Waals surface area contributed by atoms with E-state index in [0.29, 0.717) is 44.7 Å². The van der Waals surface area contributed by atoms with Crippen molar-refractivity contribution < 1.29 is 14.4 Å². The highest BCUT2D eigenvalue weighted by Crippen LogP contribution is 2.34. The molecule has 0 saturated carbocycles. The molecule has 0 bridgehead atoms. The fraction of sp³-hybridized carbons (Fsp3) is 0.500. The van der Waals surface area contributed by atoms with Crippen molar-refractivity contribution in [1.82, 2.24) is 15.5 Å². The molecule has 28 heavy (non-hydrogen) atoms. The molecule has 6 nitrogen and oxygen atoms in total. The van der Waals surface area contributed by atoms with Gasteiger partial charge in [0, 0.05) is 13.1 Å². The smallest absolute Gasteiger partial charge is 0.322 e. The van der Waals surface area contributed by atoms with Crippen molar-refractivity contribution in [2.75, 3.05) is 13.1 Å². The van der Waals surface area contributed by atoms with E-state index in [0.717, 1.165) is 5.56 Å². The molecule has 1 aromatic carbocycles. The molecule has 0 aromatic heterocycles. The van der Waals surface area contributed by atoms with Gasteiger partial charge in [-0.05, 0) is 49.2 Å². The molecule has 150 valence electrons. The molecule has 2 saturated heterocycles. The van der Waals surface area contributed by atoms with Gasteiger partial charge in [-0.2, -0.15) is 0 Å². The van der Waals surface area contributed by atoms with Crippen LogP contribution in [-0.4, -0.2) is 41.4 Å². The van der Waals surface area contributed by atoms with Crippen LogP contribution >= 0.6 is 0 Å². The summed E-state index contributed by atoms with van der Waals surface area (Å²) in [5.74, 6) is 0.129. The summed E-state index contributed by atoms with van der Waals surface area (Å²) in [4.78, 5) is 38.8. The number of amides is 4. The van der Waals surface area contributed by atoms with Crippen LogP contribution in [0.4, 0.5) is 4.79 Å². The minimum absolute atomic E-state index is 0.0146. The summed E-state index contributed by atoms with van der Waals surface area (Å²) in [7, 11) is 0. The maximum absolute atomic E-state index is 12.7. The van der Waals surface area contributed by atoms with Gasteiger partial charge in [0.05, 0.1) is 0 Å². The Labute approximate surface area is 166 Å². The van der Waals surface area contributed by atoms with E-state index in [4.69, 9.17) is 0 Å². The minimum atomic E-state index is -0.893. The SMILES string of the molecule is CC(C)/C=C/C(=O)N1CCC(C2(CCc3ccccc3)NC(=O)NC2=O)CC1. The molecule has 2 aliphatic rings. The predicted octanol–water partition coefficient (Wildman–Crippen LogP) is 2.65. The molecule has 6 heteroatoms. The van der Waals surface area contributed by atoms with Crippen LogP contribution in [-0.2, 0) is 16.0 Å². The predicted molar refractivity (Wildman–Crippen MR) is 107 cm³/mol. The molecule has 2 aliphatic heterocycles. The van der Waals surface area contributed by atoms with E-state index >= 15 is 0 Å². The van der Waals surface area contributed by atoms with Crippen LogP contribution in [0.5, 0.6) is 0 Å². The summed E-state index contributed by atoms with van der Waals surface area (Å²) in [6.07, 6.45) is 6.21. The van der Waals surface area contributed by atoms with Gasteiger partial charge in [0.1, 0.15) is 5.54 Å². The maximum Gasteiger partial charge on any atom is 0.322 e. The maximum atomic E-state index is 12.7. The van der Waals surface area contributed by atoms with Gasteiger partial charge in [-0.15, -0.1) is 0 Å². The van der Waals surface area contributed by atoms with Gasteiger partial charge in [-0.25, -0.2) is 4.79 Å². The number of carbonyl (C=O) groups is 3. The third kappa shape index (κ3) is 4.43. The van der Waals surface area contributed by atoms with E-state index < -0.39 is 11.6 Å². The monoisotopic (exact) mass is 383 g/mol. The van der Waals surface area contributed by atoms with Gasteiger partial charge >= 0.3 is 6.03 Å². The number of rotatable bonds is 6. The van der Waals surface area contributed by atoms with Crippen molar-refractivity contribution in [3.63, 3.8) is 0 Å². The van der Waals surface area contributed by atoms with E-state index in [9.17, 15) is 14.4 Å². The molecular formula is C22H29N3O3. The van der Waals surface area contributed by atoms with Gasteiger partial charge in [0.25, 0.3) is 5.91 Å². The molecule has 2 N–H and O–H groups in total. The Morgan fingerprint density at radius 3 is 2.46 bits per heavy atom. The number of carbonyl (C=O) groups excluding carboxylic acids is 3. The molecule has 0 aliphatic carbocycles. The Bertz CT molecular complexity index is 752. The zero-order valence-corrected chi connectivity index (χ0v) is 16.6. The van der Waals surface area contributed by atoms with Crippen molar-refractivity contribution in [2.24, 2.45) is 11.8 Å². The Kier molecular flexibility index (Phi) is 6.17. The number of hydrogen-bond acceptors (Lipinski definition) is 3. The Hall–Kier alpha value is -2.63. The molecular weight excluding hydrogens is 354 g/mol. The molecule has 2 heterocycles. The molecule has 2 fully saturated rings. The van der Waals surface area contributed by atoms with Crippen molar-refractivity contribution in [3.8, 4) is 0 Å². The summed E-state index contributed by atoms with van der Waals surface area (Å²) in [5, 5.41) is 5.35. The van der Waals surface area contributed by atoms with Crippen molar-refractivity contribution in [1.29, 1.82) is 0 Å². The standard InChI is InChI=1S/C22H29N3O3/c1-16(2)8-9-19(26)25-14-11-18(12-15-25)22(20(27)23-21(28)24-22)13-10-17-6-4-3-5-7-17/h3-9,16,18H,10-15H2,1-2H3,(H2,23,24,27,28)/b9-8+. The fourth-order valence-electron chi connectivity index (χ4n) is 4.13. The van der Waals surface area contributed by atoms with Crippen molar-refractivity contribution in [2.45, 2.75) is 45.1 Å². The lowest BCUT2D eigenvalue weighted by atomic mass is 9.74. The van der Waals surface area contributed by atoms with Gasteiger partial charge in [-0.3, -0.25) is 14.9 Å². The number of imide groups is 1. The van der Waals surface area contributed by atoms with Crippen LogP contribution in [0.1, 0.15) is 38.7 Å². The molecule has 0 radical (unpaired) electrons. The average Bonchev–Trinajstić information content (AvgIpc) is 2.99. The van der Waals surface area contributed by atoms with E-state index in [-0.39, 0.29) is 17.7 Å². The normalized spacial score (nSPS) is 23.3. The second kappa shape index (κ2) is 8.59. The number of likely N-dealkylation sites (tertiary alicyclic amines) is 1. The average molecular weight is 383 g/mol. The third-order valence-corrected chi connectivity index (χ3v) is 5.75. The third-order valence-electron chi connectivity index (χ3n) is 5.75. The van der Waals surface area contributed by atoms with Crippen LogP contribution in [0.3, 0.4) is 0 Å². The van der Waals surface area contributed by atoms with Crippen LogP contribution < -0.4 is 10.6 Å². The first-order valence-corrected chi connectivity index (χ1v) is 10.1. The lowest BCUT2D eigenvalue weighted by Crippen LogP contribution is -2.56. The van der Waals surface area contributed by atoms with E-state index in [1.54, 1.807) is 6.08 Å². The van der Waals surface area contributed by atoms with E-state index in [1.165, 1.54) is 0 Å². The number of nitrogens with zero attached hydrogens (tertiary/aromatic N) is 1. The lowest BCUT2D eigenvalue weighted by molar-refractivity contribution is -0.130.